The lowest BCUT2D eigenvalue weighted by Crippen LogP contribution is -2.17. The van der Waals surface area contributed by atoms with Gasteiger partial charge >= 0.3 is 5.97 Å². The molecule has 4 nitrogen and oxygen atoms in total. The largest absolute Gasteiger partial charge is 0.465 e. The number of methoxy groups -OCH3 is 1. The van der Waals surface area contributed by atoms with E-state index >= 15 is 0 Å². The molecule has 0 aliphatic rings. The monoisotopic (exact) mass is 387 g/mol. The first-order chi connectivity index (χ1) is 10.5. The summed E-state index contributed by atoms with van der Waals surface area (Å²) in [4.78, 5) is 23.7. The van der Waals surface area contributed by atoms with E-state index in [2.05, 4.69) is 28.2 Å². The molecule has 0 atom stereocenters. The number of ether oxygens (including phenoxy) is 1. The van der Waals surface area contributed by atoms with E-state index in [0.29, 0.717) is 21.8 Å². The molecule has 0 radical (unpaired) electrons. The van der Waals surface area contributed by atoms with E-state index in [1.807, 2.05) is 12.2 Å². The third kappa shape index (κ3) is 5.46. The second-order valence-corrected chi connectivity index (χ2v) is 5.63. The van der Waals surface area contributed by atoms with Crippen molar-refractivity contribution in [2.24, 2.45) is 0 Å². The van der Waals surface area contributed by atoms with E-state index in [9.17, 15) is 9.59 Å². The fraction of sp³-hybridized carbons (Fsp3) is 0.375. The lowest BCUT2D eigenvalue weighted by molar-refractivity contribution is -0.113. The van der Waals surface area contributed by atoms with E-state index in [4.69, 9.17) is 16.3 Å². The molecular weight excluding hydrogens is 370 g/mol. The molecule has 120 valence electrons. The Balaban J connectivity index is 3.25. The molecule has 1 rings (SSSR count). The van der Waals surface area contributed by atoms with Gasteiger partial charge in [-0.3, -0.25) is 4.79 Å². The van der Waals surface area contributed by atoms with E-state index in [1.54, 1.807) is 6.07 Å². The number of carbonyl (C=O) groups excluding carboxylic acids is 2. The highest BCUT2D eigenvalue weighted by molar-refractivity contribution is 9.09. The van der Waals surface area contributed by atoms with Crippen LogP contribution in [-0.2, 0) is 9.53 Å². The normalized spacial score (nSPS) is 10.7. The molecule has 1 aromatic carbocycles. The van der Waals surface area contributed by atoms with Gasteiger partial charge in [-0.2, -0.15) is 0 Å². The van der Waals surface area contributed by atoms with Crippen molar-refractivity contribution in [3.8, 4) is 0 Å². The zero-order chi connectivity index (χ0) is 16.5. The summed E-state index contributed by atoms with van der Waals surface area (Å²) in [5.41, 5.74) is 1.27. The van der Waals surface area contributed by atoms with Gasteiger partial charge < -0.3 is 10.1 Å². The fourth-order valence-corrected chi connectivity index (χ4v) is 2.27. The van der Waals surface area contributed by atoms with Gasteiger partial charge in [-0.15, -0.1) is 0 Å². The Morgan fingerprint density at radius 2 is 2.14 bits per heavy atom. The molecule has 1 aromatic rings. The second-order valence-electron chi connectivity index (χ2n) is 4.64. The number of carbonyl (C=O) groups is 2. The highest BCUT2D eigenvalue weighted by Crippen LogP contribution is 2.28. The van der Waals surface area contributed by atoms with Crippen molar-refractivity contribution in [1.82, 2.24) is 0 Å². The summed E-state index contributed by atoms with van der Waals surface area (Å²) >= 11 is 9.16. The van der Waals surface area contributed by atoms with Gasteiger partial charge in [0.2, 0.25) is 5.91 Å². The molecule has 6 heteroatoms. The standard InChI is InChI=1S/C16H19BrClNO3/c1-3-4-5-6-7-11-8-12(18)9-13(19-14(20)10-17)15(11)16(21)22-2/h6-9H,3-5,10H2,1-2H3,(H,19,20). The molecule has 0 aromatic heterocycles. The van der Waals surface area contributed by atoms with Crippen LogP contribution in [0.1, 0.15) is 42.1 Å². The quantitative estimate of drug-likeness (QED) is 0.420. The number of hydrogen-bond acceptors (Lipinski definition) is 3. The van der Waals surface area contributed by atoms with Crippen LogP contribution in [-0.4, -0.2) is 24.3 Å². The Morgan fingerprint density at radius 1 is 1.41 bits per heavy atom. The van der Waals surface area contributed by atoms with Gasteiger partial charge in [0.15, 0.2) is 0 Å². The summed E-state index contributed by atoms with van der Waals surface area (Å²) in [5, 5.41) is 3.22. The lowest BCUT2D eigenvalue weighted by Gasteiger charge is -2.12. The van der Waals surface area contributed by atoms with Gasteiger partial charge in [0, 0.05) is 5.02 Å². The molecule has 22 heavy (non-hydrogen) atoms. The highest BCUT2D eigenvalue weighted by Gasteiger charge is 2.18. The number of amides is 1. The van der Waals surface area contributed by atoms with Crippen LogP contribution in [0.4, 0.5) is 5.69 Å². The number of allylic oxidation sites excluding steroid dienone is 1. The Bertz CT molecular complexity index is 573. The first-order valence-corrected chi connectivity index (χ1v) is 8.47. The molecule has 0 bridgehead atoms. The van der Waals surface area contributed by atoms with Crippen molar-refractivity contribution in [1.29, 1.82) is 0 Å². The summed E-state index contributed by atoms with van der Waals surface area (Å²) in [7, 11) is 1.30. The summed E-state index contributed by atoms with van der Waals surface area (Å²) in [6.07, 6.45) is 6.89. The zero-order valence-electron chi connectivity index (χ0n) is 12.6. The number of anilines is 1. The maximum absolute atomic E-state index is 12.1. The van der Waals surface area contributed by atoms with Crippen LogP contribution < -0.4 is 5.32 Å². The molecule has 0 saturated carbocycles. The Kier molecular flexibility index (Phi) is 8.20. The fourth-order valence-electron chi connectivity index (χ4n) is 1.90. The van der Waals surface area contributed by atoms with Crippen LogP contribution in [0.3, 0.4) is 0 Å². The van der Waals surface area contributed by atoms with Crippen LogP contribution in [0, 0.1) is 0 Å². The van der Waals surface area contributed by atoms with E-state index < -0.39 is 5.97 Å². The van der Waals surface area contributed by atoms with Gasteiger partial charge in [0.25, 0.3) is 0 Å². The summed E-state index contributed by atoms with van der Waals surface area (Å²) in [6, 6.07) is 3.22. The Morgan fingerprint density at radius 3 is 2.73 bits per heavy atom. The number of rotatable bonds is 7. The molecular formula is C16H19BrClNO3. The van der Waals surface area contributed by atoms with Gasteiger partial charge in [0.05, 0.1) is 23.7 Å². The minimum Gasteiger partial charge on any atom is -0.465 e. The minimum atomic E-state index is -0.517. The summed E-state index contributed by atoms with van der Waals surface area (Å²) in [6.45, 7) is 2.11. The predicted molar refractivity (Wildman–Crippen MR) is 93.8 cm³/mol. The Labute approximate surface area is 144 Å². The number of alkyl halides is 1. The lowest BCUT2D eigenvalue weighted by atomic mass is 10.0. The number of benzene rings is 1. The molecule has 0 aliphatic heterocycles. The second kappa shape index (κ2) is 9.64. The van der Waals surface area contributed by atoms with E-state index in [1.165, 1.54) is 13.2 Å². The SMILES string of the molecule is CCCCC=Cc1cc(Cl)cc(NC(=O)CBr)c1C(=O)OC. The molecule has 0 spiro atoms. The average Bonchev–Trinajstić information content (AvgIpc) is 2.50. The molecule has 0 saturated heterocycles. The zero-order valence-corrected chi connectivity index (χ0v) is 15.0. The number of nitrogens with one attached hydrogen (secondary N) is 1. The van der Waals surface area contributed by atoms with Gasteiger partial charge in [-0.05, 0) is 24.1 Å². The van der Waals surface area contributed by atoms with Crippen LogP contribution >= 0.6 is 27.5 Å². The molecule has 0 unspecified atom stereocenters. The molecule has 0 fully saturated rings. The Hall–Kier alpha value is -1.33. The van der Waals surface area contributed by atoms with Crippen molar-refractivity contribution < 1.29 is 14.3 Å². The van der Waals surface area contributed by atoms with Gasteiger partial charge in [-0.1, -0.05) is 59.4 Å². The third-order valence-corrected chi connectivity index (χ3v) is 3.67. The van der Waals surface area contributed by atoms with Gasteiger partial charge in [0.1, 0.15) is 0 Å². The van der Waals surface area contributed by atoms with Crippen LogP contribution in [0.25, 0.3) is 6.08 Å². The number of unbranched alkanes of at least 4 members (excludes halogenated alkanes) is 2. The molecule has 1 amide bonds. The smallest absolute Gasteiger partial charge is 0.340 e. The maximum atomic E-state index is 12.1. The number of halogens is 2. The van der Waals surface area contributed by atoms with E-state index in [-0.39, 0.29) is 11.2 Å². The summed E-state index contributed by atoms with van der Waals surface area (Å²) in [5.74, 6) is -0.787. The van der Waals surface area contributed by atoms with Crippen molar-refractivity contribution in [3.63, 3.8) is 0 Å². The predicted octanol–water partition coefficient (Wildman–Crippen LogP) is 4.66. The molecule has 1 N–H and O–H groups in total. The number of esters is 1. The summed E-state index contributed by atoms with van der Waals surface area (Å²) < 4.78 is 4.82. The van der Waals surface area contributed by atoms with Crippen LogP contribution in [0.2, 0.25) is 5.02 Å². The van der Waals surface area contributed by atoms with Crippen LogP contribution in [0.5, 0.6) is 0 Å². The molecule has 0 aliphatic carbocycles. The van der Waals surface area contributed by atoms with Crippen LogP contribution in [0.15, 0.2) is 18.2 Å². The first-order valence-electron chi connectivity index (χ1n) is 6.97. The van der Waals surface area contributed by atoms with Crippen molar-refractivity contribution in [3.05, 3.63) is 34.4 Å². The van der Waals surface area contributed by atoms with Gasteiger partial charge in [-0.25, -0.2) is 4.79 Å². The maximum Gasteiger partial charge on any atom is 0.340 e. The van der Waals surface area contributed by atoms with E-state index in [0.717, 1.165) is 19.3 Å². The third-order valence-electron chi connectivity index (χ3n) is 2.94. The van der Waals surface area contributed by atoms with Crippen molar-refractivity contribution >= 4 is 51.2 Å². The molecule has 0 heterocycles. The van der Waals surface area contributed by atoms with Crippen molar-refractivity contribution in [2.45, 2.75) is 26.2 Å². The highest BCUT2D eigenvalue weighted by atomic mass is 79.9. The first kappa shape index (κ1) is 18.7. The minimum absolute atomic E-state index is 0.127. The van der Waals surface area contributed by atoms with Crippen molar-refractivity contribution in [2.75, 3.05) is 17.8 Å². The topological polar surface area (TPSA) is 55.4 Å². The average molecular weight is 389 g/mol. The number of hydrogen-bond donors (Lipinski definition) is 1.